The first-order valence-electron chi connectivity index (χ1n) is 6.83. The van der Waals surface area contributed by atoms with Crippen molar-refractivity contribution in [3.63, 3.8) is 0 Å². The van der Waals surface area contributed by atoms with E-state index in [2.05, 4.69) is 41.5 Å². The van der Waals surface area contributed by atoms with Crippen molar-refractivity contribution in [2.75, 3.05) is 20.1 Å². The van der Waals surface area contributed by atoms with Crippen molar-refractivity contribution in [3.8, 4) is 0 Å². The molecule has 1 N–H and O–H groups in total. The first-order chi connectivity index (χ1) is 8.36. The van der Waals surface area contributed by atoms with Gasteiger partial charge in [0, 0.05) is 25.7 Å². The van der Waals surface area contributed by atoms with Crippen molar-refractivity contribution in [1.29, 1.82) is 0 Å². The maximum atomic E-state index is 3.49. The van der Waals surface area contributed by atoms with Crippen LogP contribution in [0.15, 0.2) is 24.3 Å². The number of hydrogen-bond acceptors (Lipinski definition) is 2. The molecule has 0 bridgehead atoms. The highest BCUT2D eigenvalue weighted by Gasteiger charge is 2.31. The monoisotopic (exact) mass is 230 g/mol. The van der Waals surface area contributed by atoms with Crippen LogP contribution in [0.1, 0.15) is 24.0 Å². The quantitative estimate of drug-likeness (QED) is 0.851. The van der Waals surface area contributed by atoms with Gasteiger partial charge < -0.3 is 5.32 Å². The van der Waals surface area contributed by atoms with Crippen LogP contribution < -0.4 is 5.32 Å². The van der Waals surface area contributed by atoms with Crippen LogP contribution in [0, 0.1) is 5.92 Å². The minimum Gasteiger partial charge on any atom is -0.315 e. The third-order valence-electron chi connectivity index (χ3n) is 4.23. The molecule has 1 aliphatic heterocycles. The molecule has 3 rings (SSSR count). The summed E-state index contributed by atoms with van der Waals surface area (Å²) in [7, 11) is 2.11. The number of hydrogen-bond donors (Lipinski definition) is 1. The van der Waals surface area contributed by atoms with E-state index in [4.69, 9.17) is 0 Å². The Morgan fingerprint density at radius 2 is 2.06 bits per heavy atom. The number of fused-ring (bicyclic) bond motifs is 1. The standard InChI is InChI=1S/C15H22N2/c1-16-15(13-6-7-13)11-17-9-8-12-4-2-3-5-14(12)10-17/h2-5,13,15-16H,6-11H2,1H3. The van der Waals surface area contributed by atoms with Crippen LogP contribution in [0.3, 0.4) is 0 Å². The van der Waals surface area contributed by atoms with Crippen molar-refractivity contribution in [1.82, 2.24) is 10.2 Å². The van der Waals surface area contributed by atoms with Gasteiger partial charge in [0.05, 0.1) is 0 Å². The highest BCUT2D eigenvalue weighted by Crippen LogP contribution is 2.33. The van der Waals surface area contributed by atoms with E-state index in [1.54, 1.807) is 5.56 Å². The Morgan fingerprint density at radius 3 is 2.76 bits per heavy atom. The van der Waals surface area contributed by atoms with Gasteiger partial charge in [0.15, 0.2) is 0 Å². The fourth-order valence-electron chi connectivity index (χ4n) is 2.96. The van der Waals surface area contributed by atoms with Crippen molar-refractivity contribution < 1.29 is 0 Å². The predicted molar refractivity (Wildman–Crippen MR) is 71.0 cm³/mol. The SMILES string of the molecule is CNC(CN1CCc2ccccc2C1)C1CC1. The summed E-state index contributed by atoms with van der Waals surface area (Å²) in [5.41, 5.74) is 3.08. The zero-order valence-corrected chi connectivity index (χ0v) is 10.7. The Balaban J connectivity index is 1.63. The Morgan fingerprint density at radius 1 is 1.29 bits per heavy atom. The van der Waals surface area contributed by atoms with Gasteiger partial charge in [-0.1, -0.05) is 24.3 Å². The second-order valence-corrected chi connectivity index (χ2v) is 5.49. The molecule has 1 saturated carbocycles. The minimum absolute atomic E-state index is 0.709. The highest BCUT2D eigenvalue weighted by molar-refractivity contribution is 5.29. The lowest BCUT2D eigenvalue weighted by Crippen LogP contribution is -2.42. The smallest absolute Gasteiger partial charge is 0.0237 e. The molecule has 0 saturated heterocycles. The normalized spacial score (nSPS) is 22.2. The molecular weight excluding hydrogens is 208 g/mol. The fourth-order valence-corrected chi connectivity index (χ4v) is 2.96. The second-order valence-electron chi connectivity index (χ2n) is 5.49. The average molecular weight is 230 g/mol. The molecule has 1 aromatic carbocycles. The third kappa shape index (κ3) is 2.53. The van der Waals surface area contributed by atoms with E-state index in [1.807, 2.05) is 0 Å². The number of nitrogens with one attached hydrogen (secondary N) is 1. The molecule has 17 heavy (non-hydrogen) atoms. The van der Waals surface area contributed by atoms with Crippen LogP contribution in [0.2, 0.25) is 0 Å². The number of likely N-dealkylation sites (N-methyl/N-ethyl adjacent to an activating group) is 1. The van der Waals surface area contributed by atoms with Gasteiger partial charge in [-0.3, -0.25) is 4.90 Å². The summed E-state index contributed by atoms with van der Waals surface area (Å²) < 4.78 is 0. The minimum atomic E-state index is 0.709. The van der Waals surface area contributed by atoms with Crippen molar-refractivity contribution >= 4 is 0 Å². The van der Waals surface area contributed by atoms with Gasteiger partial charge in [-0.25, -0.2) is 0 Å². The molecule has 1 fully saturated rings. The third-order valence-corrected chi connectivity index (χ3v) is 4.23. The average Bonchev–Trinajstić information content (AvgIpc) is 3.20. The van der Waals surface area contributed by atoms with Gasteiger partial charge in [0.1, 0.15) is 0 Å². The maximum absolute atomic E-state index is 3.49. The second kappa shape index (κ2) is 4.79. The van der Waals surface area contributed by atoms with Gasteiger partial charge in [0.25, 0.3) is 0 Å². The Labute approximate surface area is 104 Å². The molecule has 2 heteroatoms. The molecule has 1 aromatic rings. The molecule has 2 nitrogen and oxygen atoms in total. The Kier molecular flexibility index (Phi) is 3.17. The lowest BCUT2D eigenvalue weighted by molar-refractivity contribution is 0.219. The maximum Gasteiger partial charge on any atom is 0.0237 e. The Bertz CT molecular complexity index is 384. The number of rotatable bonds is 4. The van der Waals surface area contributed by atoms with E-state index in [-0.39, 0.29) is 0 Å². The first kappa shape index (κ1) is 11.2. The highest BCUT2D eigenvalue weighted by atomic mass is 15.2. The summed E-state index contributed by atoms with van der Waals surface area (Å²) in [6.45, 7) is 3.58. The van der Waals surface area contributed by atoms with Crippen molar-refractivity contribution in [2.45, 2.75) is 31.8 Å². The molecule has 1 heterocycles. The van der Waals surface area contributed by atoms with Gasteiger partial charge in [0.2, 0.25) is 0 Å². The van der Waals surface area contributed by atoms with Gasteiger partial charge in [-0.2, -0.15) is 0 Å². The van der Waals surface area contributed by atoms with E-state index in [0.717, 1.165) is 12.5 Å². The molecule has 1 atom stereocenters. The summed E-state index contributed by atoms with van der Waals surface area (Å²) in [5.74, 6) is 0.942. The van der Waals surface area contributed by atoms with Gasteiger partial charge in [-0.15, -0.1) is 0 Å². The lowest BCUT2D eigenvalue weighted by atomic mass is 9.99. The van der Waals surface area contributed by atoms with Crippen LogP contribution >= 0.6 is 0 Å². The van der Waals surface area contributed by atoms with Gasteiger partial charge >= 0.3 is 0 Å². The van der Waals surface area contributed by atoms with Crippen molar-refractivity contribution in [3.05, 3.63) is 35.4 Å². The van der Waals surface area contributed by atoms with E-state index in [1.165, 1.54) is 37.9 Å². The summed E-state index contributed by atoms with van der Waals surface area (Å²) in [4.78, 5) is 2.61. The molecule has 1 aliphatic carbocycles. The summed E-state index contributed by atoms with van der Waals surface area (Å²) >= 11 is 0. The summed E-state index contributed by atoms with van der Waals surface area (Å²) in [6, 6.07) is 9.60. The van der Waals surface area contributed by atoms with Crippen LogP contribution in [-0.2, 0) is 13.0 Å². The number of benzene rings is 1. The molecule has 2 aliphatic rings. The van der Waals surface area contributed by atoms with E-state index in [9.17, 15) is 0 Å². The first-order valence-corrected chi connectivity index (χ1v) is 6.83. The molecular formula is C15H22N2. The van der Waals surface area contributed by atoms with Crippen LogP contribution in [0.4, 0.5) is 0 Å². The van der Waals surface area contributed by atoms with Crippen LogP contribution in [0.5, 0.6) is 0 Å². The van der Waals surface area contributed by atoms with Crippen LogP contribution in [0.25, 0.3) is 0 Å². The Hall–Kier alpha value is -0.860. The molecule has 1 unspecified atom stereocenters. The van der Waals surface area contributed by atoms with E-state index in [0.29, 0.717) is 6.04 Å². The van der Waals surface area contributed by atoms with Crippen LogP contribution in [-0.4, -0.2) is 31.1 Å². The fraction of sp³-hybridized carbons (Fsp3) is 0.600. The van der Waals surface area contributed by atoms with E-state index < -0.39 is 0 Å². The molecule has 0 amide bonds. The van der Waals surface area contributed by atoms with Gasteiger partial charge in [-0.05, 0) is 43.4 Å². The predicted octanol–water partition coefficient (Wildman–Crippen LogP) is 2.04. The number of nitrogens with zero attached hydrogens (tertiary/aromatic N) is 1. The topological polar surface area (TPSA) is 15.3 Å². The van der Waals surface area contributed by atoms with Crippen molar-refractivity contribution in [2.24, 2.45) is 5.92 Å². The molecule has 92 valence electrons. The summed E-state index contributed by atoms with van der Waals surface area (Å²) in [5, 5.41) is 3.49. The molecule has 0 radical (unpaired) electrons. The molecule has 0 aromatic heterocycles. The zero-order valence-electron chi connectivity index (χ0n) is 10.7. The zero-order chi connectivity index (χ0) is 11.7. The van der Waals surface area contributed by atoms with E-state index >= 15 is 0 Å². The lowest BCUT2D eigenvalue weighted by Gasteiger charge is -2.31. The molecule has 0 spiro atoms. The summed E-state index contributed by atoms with van der Waals surface area (Å²) in [6.07, 6.45) is 4.07. The largest absolute Gasteiger partial charge is 0.315 e.